The number of hydrogen-bond donors (Lipinski definition) is 2. The minimum Gasteiger partial charge on any atom is -0.301 e. The van der Waals surface area contributed by atoms with Crippen LogP contribution in [0.15, 0.2) is 55.9 Å². The number of rotatable bonds is 5. The second-order valence-corrected chi connectivity index (χ2v) is 5.99. The summed E-state index contributed by atoms with van der Waals surface area (Å²) in [7, 11) is 0. The van der Waals surface area contributed by atoms with Crippen molar-refractivity contribution in [2.75, 3.05) is 6.26 Å². The first-order valence-corrected chi connectivity index (χ1v) is 8.51. The van der Waals surface area contributed by atoms with E-state index in [1.54, 1.807) is 6.26 Å². The van der Waals surface area contributed by atoms with E-state index >= 15 is 0 Å². The lowest BCUT2D eigenvalue weighted by atomic mass is 10.2. The van der Waals surface area contributed by atoms with Gasteiger partial charge in [-0.25, -0.2) is 10.4 Å². The molecular weight excluding hydrogens is 380 g/mol. The Morgan fingerprint density at radius 3 is 2.83 bits per heavy atom. The Kier molecular flexibility index (Phi) is 6.30. The highest BCUT2D eigenvalue weighted by Gasteiger charge is 2.08. The predicted molar refractivity (Wildman–Crippen MR) is 95.9 cm³/mol. The van der Waals surface area contributed by atoms with Gasteiger partial charge >= 0.3 is 0 Å². The fourth-order valence-corrected chi connectivity index (χ4v) is 2.36. The van der Waals surface area contributed by atoms with Crippen molar-refractivity contribution < 1.29 is 4.79 Å². The molecule has 0 aliphatic heterocycles. The average Bonchev–Trinajstić information content (AvgIpc) is 2.55. The predicted octanol–water partition coefficient (Wildman–Crippen LogP) is 2.64. The number of nitrogens with zero attached hydrogens (tertiary/aromatic N) is 2. The number of nitrogens with one attached hydrogen (secondary N) is 2. The number of allylic oxidation sites excluding steroid dienone is 1. The molecule has 0 saturated heterocycles. The Labute approximate surface area is 145 Å². The maximum atomic E-state index is 11.9. The molecule has 1 heterocycles. The molecule has 0 aliphatic carbocycles. The molecule has 2 N–H and O–H groups in total. The standard InChI is InChI=1S/C15H13BrN4O2S/c1-23-15-18-12(8-13(21)19-15)14(22)20-17-9-11(16)7-10-5-3-2-4-6-10/h2-9H,1H3,(H,20,22)(H,18,19,21)/b11-7-,17-9-. The Hall–Kier alpha value is -2.19. The number of carbonyl (C=O) groups excluding carboxylic acids is 1. The van der Waals surface area contributed by atoms with Crippen molar-refractivity contribution in [1.82, 2.24) is 15.4 Å². The third-order valence-electron chi connectivity index (χ3n) is 2.60. The molecule has 1 aromatic heterocycles. The Morgan fingerprint density at radius 2 is 2.13 bits per heavy atom. The van der Waals surface area contributed by atoms with Gasteiger partial charge in [0.1, 0.15) is 5.69 Å². The van der Waals surface area contributed by atoms with Crippen LogP contribution in [-0.2, 0) is 0 Å². The normalized spacial score (nSPS) is 11.7. The lowest BCUT2D eigenvalue weighted by molar-refractivity contribution is 0.0949. The molecule has 2 aromatic rings. The molecule has 1 aromatic carbocycles. The lowest BCUT2D eigenvalue weighted by Crippen LogP contribution is -2.22. The summed E-state index contributed by atoms with van der Waals surface area (Å²) in [5.74, 6) is -0.553. The molecule has 0 bridgehead atoms. The second-order valence-electron chi connectivity index (χ2n) is 4.28. The molecule has 1 amide bonds. The molecule has 23 heavy (non-hydrogen) atoms. The summed E-state index contributed by atoms with van der Waals surface area (Å²) in [6.07, 6.45) is 5.06. The highest BCUT2D eigenvalue weighted by Crippen LogP contribution is 2.10. The summed E-state index contributed by atoms with van der Waals surface area (Å²) in [5, 5.41) is 4.20. The molecule has 118 valence electrons. The SMILES string of the molecule is CSc1nc(C(=O)N/N=C\C(Br)=C\c2ccccc2)cc(=O)[nH]1. The second kappa shape index (κ2) is 8.44. The van der Waals surface area contributed by atoms with Gasteiger partial charge in [0.2, 0.25) is 0 Å². The van der Waals surface area contributed by atoms with E-state index in [0.717, 1.165) is 11.6 Å². The van der Waals surface area contributed by atoms with Gasteiger partial charge in [-0.1, -0.05) is 42.1 Å². The van der Waals surface area contributed by atoms with E-state index in [9.17, 15) is 9.59 Å². The van der Waals surface area contributed by atoms with E-state index in [-0.39, 0.29) is 11.3 Å². The van der Waals surface area contributed by atoms with Crippen LogP contribution in [0.4, 0.5) is 0 Å². The van der Waals surface area contributed by atoms with E-state index < -0.39 is 5.91 Å². The monoisotopic (exact) mass is 392 g/mol. The maximum Gasteiger partial charge on any atom is 0.290 e. The fraction of sp³-hybridized carbons (Fsp3) is 0.0667. The van der Waals surface area contributed by atoms with Crippen molar-refractivity contribution in [3.05, 3.63) is 62.5 Å². The molecule has 0 radical (unpaired) electrons. The van der Waals surface area contributed by atoms with Gasteiger partial charge in [-0.2, -0.15) is 5.10 Å². The van der Waals surface area contributed by atoms with Crippen molar-refractivity contribution >= 4 is 45.9 Å². The van der Waals surface area contributed by atoms with Gasteiger partial charge in [0.25, 0.3) is 11.5 Å². The molecule has 0 unspecified atom stereocenters. The first kappa shape index (κ1) is 17.2. The number of aromatic amines is 1. The van der Waals surface area contributed by atoms with E-state index in [4.69, 9.17) is 0 Å². The number of H-pyrrole nitrogens is 1. The van der Waals surface area contributed by atoms with Gasteiger partial charge in [0.15, 0.2) is 5.16 Å². The number of hydrogen-bond acceptors (Lipinski definition) is 5. The first-order chi connectivity index (χ1) is 11.1. The topological polar surface area (TPSA) is 87.2 Å². The van der Waals surface area contributed by atoms with Crippen molar-refractivity contribution in [2.24, 2.45) is 5.10 Å². The summed E-state index contributed by atoms with van der Waals surface area (Å²) < 4.78 is 0.688. The van der Waals surface area contributed by atoms with Gasteiger partial charge < -0.3 is 4.98 Å². The zero-order chi connectivity index (χ0) is 16.7. The van der Waals surface area contributed by atoms with E-state index in [0.29, 0.717) is 9.64 Å². The third-order valence-corrected chi connectivity index (χ3v) is 3.62. The lowest BCUT2D eigenvalue weighted by Gasteiger charge is -2.00. The molecular formula is C15H13BrN4O2S. The Morgan fingerprint density at radius 1 is 1.39 bits per heavy atom. The average molecular weight is 393 g/mol. The molecule has 8 heteroatoms. The van der Waals surface area contributed by atoms with E-state index in [2.05, 4.69) is 36.4 Å². The van der Waals surface area contributed by atoms with Crippen LogP contribution in [0.3, 0.4) is 0 Å². The molecule has 2 rings (SSSR count). The fourth-order valence-electron chi connectivity index (χ4n) is 1.60. The number of halogens is 1. The minimum absolute atomic E-state index is 0.0124. The van der Waals surface area contributed by atoms with Gasteiger partial charge in [0.05, 0.1) is 6.21 Å². The number of hydrazone groups is 1. The van der Waals surface area contributed by atoms with Crippen LogP contribution < -0.4 is 11.0 Å². The first-order valence-electron chi connectivity index (χ1n) is 6.49. The Balaban J connectivity index is 2.02. The van der Waals surface area contributed by atoms with Crippen LogP contribution in [0.1, 0.15) is 16.1 Å². The molecule has 0 saturated carbocycles. The molecule has 0 spiro atoms. The summed E-state index contributed by atoms with van der Waals surface area (Å²) in [6, 6.07) is 10.8. The number of amides is 1. The molecule has 0 fully saturated rings. The largest absolute Gasteiger partial charge is 0.301 e. The number of aromatic nitrogens is 2. The van der Waals surface area contributed by atoms with Crippen molar-refractivity contribution in [3.8, 4) is 0 Å². The van der Waals surface area contributed by atoms with Crippen LogP contribution >= 0.6 is 27.7 Å². The van der Waals surface area contributed by atoms with Crippen LogP contribution in [-0.4, -0.2) is 28.3 Å². The zero-order valence-corrected chi connectivity index (χ0v) is 14.5. The van der Waals surface area contributed by atoms with Gasteiger partial charge in [-0.15, -0.1) is 0 Å². The molecule has 0 aliphatic rings. The maximum absolute atomic E-state index is 11.9. The zero-order valence-electron chi connectivity index (χ0n) is 12.1. The number of thioether (sulfide) groups is 1. The van der Waals surface area contributed by atoms with Crippen LogP contribution in [0.2, 0.25) is 0 Å². The van der Waals surface area contributed by atoms with Crippen LogP contribution in [0, 0.1) is 0 Å². The van der Waals surface area contributed by atoms with Crippen molar-refractivity contribution in [2.45, 2.75) is 5.16 Å². The summed E-state index contributed by atoms with van der Waals surface area (Å²) in [5.41, 5.74) is 2.95. The summed E-state index contributed by atoms with van der Waals surface area (Å²) in [4.78, 5) is 29.9. The van der Waals surface area contributed by atoms with E-state index in [1.807, 2.05) is 36.4 Å². The van der Waals surface area contributed by atoms with Crippen LogP contribution in [0.5, 0.6) is 0 Å². The van der Waals surface area contributed by atoms with E-state index in [1.165, 1.54) is 18.0 Å². The third kappa shape index (κ3) is 5.50. The summed E-state index contributed by atoms with van der Waals surface area (Å²) in [6.45, 7) is 0. The quantitative estimate of drug-likeness (QED) is 0.354. The highest BCUT2D eigenvalue weighted by atomic mass is 79.9. The van der Waals surface area contributed by atoms with Gasteiger partial charge in [-0.05, 0) is 33.8 Å². The Bertz CT molecular complexity index is 803. The molecule has 0 atom stereocenters. The summed E-state index contributed by atoms with van der Waals surface area (Å²) >= 11 is 4.58. The molecule has 6 nitrogen and oxygen atoms in total. The van der Waals surface area contributed by atoms with Gasteiger partial charge in [0, 0.05) is 10.5 Å². The number of benzene rings is 1. The minimum atomic E-state index is -0.553. The van der Waals surface area contributed by atoms with Crippen molar-refractivity contribution in [3.63, 3.8) is 0 Å². The highest BCUT2D eigenvalue weighted by molar-refractivity contribution is 9.12. The van der Waals surface area contributed by atoms with Gasteiger partial charge in [-0.3, -0.25) is 9.59 Å². The van der Waals surface area contributed by atoms with Crippen LogP contribution in [0.25, 0.3) is 6.08 Å². The smallest absolute Gasteiger partial charge is 0.290 e. The number of carbonyl (C=O) groups is 1. The van der Waals surface area contributed by atoms with Crippen molar-refractivity contribution in [1.29, 1.82) is 0 Å².